The van der Waals surface area contributed by atoms with Gasteiger partial charge in [-0.3, -0.25) is 18.6 Å². The zero-order chi connectivity index (χ0) is 35.6. The Bertz CT molecular complexity index is 863. The molecule has 0 aliphatic heterocycles. The fourth-order valence-corrected chi connectivity index (χ4v) is 5.75. The Kier molecular flexibility index (Phi) is 32.8. The van der Waals surface area contributed by atoms with Crippen molar-refractivity contribution < 1.29 is 47.8 Å². The number of phosphoric ester groups is 1. The van der Waals surface area contributed by atoms with Crippen molar-refractivity contribution in [3.8, 4) is 0 Å². The molecule has 3 atom stereocenters. The Labute approximate surface area is 291 Å². The van der Waals surface area contributed by atoms with Crippen LogP contribution in [-0.4, -0.2) is 65.7 Å². The van der Waals surface area contributed by atoms with Gasteiger partial charge >= 0.3 is 19.8 Å². The van der Waals surface area contributed by atoms with Crippen LogP contribution in [0, 0.1) is 0 Å². The summed E-state index contributed by atoms with van der Waals surface area (Å²) in [5.41, 5.74) is 0. The number of esters is 2. The fraction of sp³-hybridized carbons (Fsp3) is 0.838. The maximum atomic E-state index is 12.3. The first kappa shape index (κ1) is 46.5. The van der Waals surface area contributed by atoms with Gasteiger partial charge in [0.1, 0.15) is 12.2 Å². The van der Waals surface area contributed by atoms with Crippen LogP contribution in [0.2, 0.25) is 0 Å². The molecule has 0 saturated carbocycles. The first-order valence-electron chi connectivity index (χ1n) is 18.8. The number of carbonyl (C=O) groups is 2. The van der Waals surface area contributed by atoms with E-state index in [0.717, 1.165) is 57.8 Å². The highest BCUT2D eigenvalue weighted by Gasteiger charge is 2.27. The second-order valence-electron chi connectivity index (χ2n) is 12.6. The molecule has 10 nitrogen and oxygen atoms in total. The van der Waals surface area contributed by atoms with Gasteiger partial charge in [0.05, 0.1) is 26.4 Å². The second-order valence-corrected chi connectivity index (χ2v) is 14.0. The van der Waals surface area contributed by atoms with Crippen LogP contribution in [0.1, 0.15) is 162 Å². The van der Waals surface area contributed by atoms with Gasteiger partial charge in [0.15, 0.2) is 0 Å². The van der Waals surface area contributed by atoms with E-state index in [0.29, 0.717) is 12.8 Å². The molecule has 48 heavy (non-hydrogen) atoms. The zero-order valence-corrected chi connectivity index (χ0v) is 31.1. The average Bonchev–Trinajstić information content (AvgIpc) is 3.07. The lowest BCUT2D eigenvalue weighted by atomic mass is 10.1. The minimum Gasteiger partial charge on any atom is -0.457 e. The lowest BCUT2D eigenvalue weighted by Gasteiger charge is -2.20. The van der Waals surface area contributed by atoms with Gasteiger partial charge in [-0.15, -0.1) is 0 Å². The topological polar surface area (TPSA) is 149 Å². The van der Waals surface area contributed by atoms with E-state index in [4.69, 9.17) is 18.5 Å². The van der Waals surface area contributed by atoms with Crippen LogP contribution in [0.4, 0.5) is 0 Å². The summed E-state index contributed by atoms with van der Waals surface area (Å²) in [4.78, 5) is 34.3. The number of unbranched alkanes of at least 4 members (excludes halogenated alkanes) is 17. The number of carbonyl (C=O) groups excluding carboxylic acids is 2. The molecule has 282 valence electrons. The molecule has 0 heterocycles. The monoisotopic (exact) mass is 704 g/mol. The molecule has 0 aliphatic carbocycles. The minimum atomic E-state index is -4.63. The largest absolute Gasteiger partial charge is 0.472 e. The molecule has 0 spiro atoms. The van der Waals surface area contributed by atoms with Crippen LogP contribution in [-0.2, 0) is 32.7 Å². The number of hydrogen-bond acceptors (Lipinski definition) is 9. The van der Waals surface area contributed by atoms with Gasteiger partial charge in [-0.2, -0.15) is 0 Å². The molecule has 0 aromatic heterocycles. The second kappa shape index (κ2) is 33.9. The van der Waals surface area contributed by atoms with Crippen LogP contribution in [0.25, 0.3) is 0 Å². The molecule has 3 unspecified atom stereocenters. The molecule has 0 fully saturated rings. The number of aliphatic hydroxyl groups excluding tert-OH is 2. The average molecular weight is 705 g/mol. The first-order chi connectivity index (χ1) is 23.3. The lowest BCUT2D eigenvalue weighted by molar-refractivity contribution is -0.153. The summed E-state index contributed by atoms with van der Waals surface area (Å²) in [6.07, 6.45) is 30.2. The highest BCUT2D eigenvalue weighted by atomic mass is 31.2. The number of ether oxygens (including phenoxy) is 2. The van der Waals surface area contributed by atoms with E-state index >= 15 is 0 Å². The summed E-state index contributed by atoms with van der Waals surface area (Å²) in [7, 11) is -4.63. The third-order valence-electron chi connectivity index (χ3n) is 7.92. The maximum absolute atomic E-state index is 12.3. The van der Waals surface area contributed by atoms with Crippen molar-refractivity contribution in [2.24, 2.45) is 0 Å². The fourth-order valence-electron chi connectivity index (χ4n) is 4.97. The molecule has 0 saturated heterocycles. The highest BCUT2D eigenvalue weighted by molar-refractivity contribution is 7.47. The van der Waals surface area contributed by atoms with Gasteiger partial charge in [-0.1, -0.05) is 128 Å². The summed E-state index contributed by atoms with van der Waals surface area (Å²) in [5.74, 6) is -1.03. The van der Waals surface area contributed by atoms with Crippen molar-refractivity contribution >= 4 is 19.8 Å². The smallest absolute Gasteiger partial charge is 0.457 e. The molecule has 0 aromatic rings. The number of hydrogen-bond donors (Lipinski definition) is 3. The molecule has 0 aromatic carbocycles. The van der Waals surface area contributed by atoms with E-state index in [9.17, 15) is 29.3 Å². The summed E-state index contributed by atoms with van der Waals surface area (Å²) in [6, 6.07) is 0. The Balaban J connectivity index is 4.00. The van der Waals surface area contributed by atoms with Crippen LogP contribution in [0.5, 0.6) is 0 Å². The van der Waals surface area contributed by atoms with E-state index in [1.54, 1.807) is 0 Å². The van der Waals surface area contributed by atoms with Crippen molar-refractivity contribution in [2.45, 2.75) is 174 Å². The minimum absolute atomic E-state index is 0.178. The summed E-state index contributed by atoms with van der Waals surface area (Å²) >= 11 is 0. The SMILES string of the molecule is CCCCCC/C=C\C/C=C\CCCCCCCC(=O)OC(CO)COP(=O)(O)OCC(CO)OC(=O)CCCCCCCCCCC. The molecule has 0 radical (unpaired) electrons. The quantitative estimate of drug-likeness (QED) is 0.0252. The van der Waals surface area contributed by atoms with Crippen molar-refractivity contribution in [3.05, 3.63) is 24.3 Å². The Morgan fingerprint density at radius 3 is 1.31 bits per heavy atom. The van der Waals surface area contributed by atoms with Crippen LogP contribution in [0.3, 0.4) is 0 Å². The summed E-state index contributed by atoms with van der Waals surface area (Å²) < 4.78 is 32.4. The number of allylic oxidation sites excluding steroid dienone is 4. The van der Waals surface area contributed by atoms with E-state index in [1.165, 1.54) is 64.2 Å². The molecule has 0 bridgehead atoms. The Morgan fingerprint density at radius 1 is 0.562 bits per heavy atom. The molecular formula is C37H69O10P. The number of aliphatic hydroxyl groups is 2. The van der Waals surface area contributed by atoms with Crippen LogP contribution in [0.15, 0.2) is 24.3 Å². The lowest BCUT2D eigenvalue weighted by Crippen LogP contribution is -2.28. The third kappa shape index (κ3) is 31.7. The standard InChI is InChI=1S/C37H69O10P/c1-3-5-7-9-11-13-14-15-16-17-18-19-21-23-25-27-29-37(41)47-35(31-39)33-45-48(42,43)44-32-34(30-38)46-36(40)28-26-24-22-20-12-10-8-6-4-2/h13-14,16-17,34-35,38-39H,3-12,15,18-33H2,1-2H3,(H,42,43)/b14-13-,17-16-. The van der Waals surface area contributed by atoms with Gasteiger partial charge in [0, 0.05) is 12.8 Å². The molecular weight excluding hydrogens is 635 g/mol. The van der Waals surface area contributed by atoms with E-state index in [2.05, 4.69) is 38.2 Å². The van der Waals surface area contributed by atoms with Crippen LogP contribution < -0.4 is 0 Å². The van der Waals surface area contributed by atoms with Gasteiger partial charge < -0.3 is 24.6 Å². The predicted molar refractivity (Wildman–Crippen MR) is 191 cm³/mol. The first-order valence-corrected chi connectivity index (χ1v) is 20.3. The summed E-state index contributed by atoms with van der Waals surface area (Å²) in [5, 5.41) is 19.0. The number of phosphoric acid groups is 1. The van der Waals surface area contributed by atoms with Crippen LogP contribution >= 0.6 is 7.82 Å². The zero-order valence-electron chi connectivity index (χ0n) is 30.2. The normalized spacial score (nSPS) is 14.4. The number of rotatable bonds is 35. The molecule has 3 N–H and O–H groups in total. The van der Waals surface area contributed by atoms with Gasteiger partial charge in [-0.25, -0.2) is 4.57 Å². The summed E-state index contributed by atoms with van der Waals surface area (Å²) in [6.45, 7) is 2.13. The van der Waals surface area contributed by atoms with E-state index in [1.807, 2.05) is 0 Å². The van der Waals surface area contributed by atoms with E-state index < -0.39 is 58.4 Å². The van der Waals surface area contributed by atoms with Crippen molar-refractivity contribution in [3.63, 3.8) is 0 Å². The molecule has 0 amide bonds. The van der Waals surface area contributed by atoms with Crippen molar-refractivity contribution in [1.82, 2.24) is 0 Å². The van der Waals surface area contributed by atoms with Gasteiger partial charge in [0.25, 0.3) is 0 Å². The maximum Gasteiger partial charge on any atom is 0.472 e. The highest BCUT2D eigenvalue weighted by Crippen LogP contribution is 2.43. The van der Waals surface area contributed by atoms with E-state index in [-0.39, 0.29) is 12.8 Å². The van der Waals surface area contributed by atoms with Crippen molar-refractivity contribution in [1.29, 1.82) is 0 Å². The Hall–Kier alpha value is -1.55. The Morgan fingerprint density at radius 2 is 0.917 bits per heavy atom. The predicted octanol–water partition coefficient (Wildman–Crippen LogP) is 9.05. The molecule has 0 aliphatic rings. The molecule has 11 heteroatoms. The van der Waals surface area contributed by atoms with Gasteiger partial charge in [0.2, 0.25) is 0 Å². The van der Waals surface area contributed by atoms with Gasteiger partial charge in [-0.05, 0) is 44.9 Å². The third-order valence-corrected chi connectivity index (χ3v) is 8.87. The van der Waals surface area contributed by atoms with Crippen molar-refractivity contribution in [2.75, 3.05) is 26.4 Å². The molecule has 0 rings (SSSR count).